The van der Waals surface area contributed by atoms with Crippen molar-refractivity contribution in [1.29, 1.82) is 0 Å². The van der Waals surface area contributed by atoms with Gasteiger partial charge in [0, 0.05) is 23.0 Å². The maximum absolute atomic E-state index is 12.6. The van der Waals surface area contributed by atoms with Gasteiger partial charge in [-0.1, -0.05) is 49.4 Å². The molecule has 0 heterocycles. The lowest BCUT2D eigenvalue weighted by molar-refractivity contribution is -0.118. The summed E-state index contributed by atoms with van der Waals surface area (Å²) in [6, 6.07) is 15.4. The van der Waals surface area contributed by atoms with Crippen LogP contribution < -0.4 is 16.4 Å². The van der Waals surface area contributed by atoms with E-state index in [1.54, 1.807) is 37.3 Å². The van der Waals surface area contributed by atoms with Gasteiger partial charge in [-0.2, -0.15) is 0 Å². The van der Waals surface area contributed by atoms with Crippen LogP contribution in [0.1, 0.15) is 31.4 Å². The van der Waals surface area contributed by atoms with Gasteiger partial charge < -0.3 is 21.5 Å². The molecule has 0 atom stereocenters. The molecule has 2 aromatic rings. The number of fused-ring (bicyclic) bond motifs is 1. The summed E-state index contributed by atoms with van der Waals surface area (Å²) < 4.78 is 0. The summed E-state index contributed by atoms with van der Waals surface area (Å²) >= 11 is 0. The average Bonchev–Trinajstić information content (AvgIpc) is 3.12. The molecule has 156 valence electrons. The van der Waals surface area contributed by atoms with Crippen LogP contribution in [0.3, 0.4) is 0 Å². The summed E-state index contributed by atoms with van der Waals surface area (Å²) in [6.45, 7) is 3.78. The van der Waals surface area contributed by atoms with Crippen molar-refractivity contribution in [2.45, 2.75) is 39.2 Å². The maximum Gasteiger partial charge on any atom is 0.247 e. The Bertz CT molecular complexity index is 980. The zero-order valence-corrected chi connectivity index (χ0v) is 17.5. The second kappa shape index (κ2) is 9.83. The van der Waals surface area contributed by atoms with Crippen molar-refractivity contribution in [3.63, 3.8) is 0 Å². The molecule has 0 bridgehead atoms. The van der Waals surface area contributed by atoms with E-state index >= 15 is 0 Å². The number of nitrogens with one attached hydrogen (secondary N) is 2. The van der Waals surface area contributed by atoms with Crippen LogP contribution in [0.25, 0.3) is 0 Å². The molecule has 0 radical (unpaired) electrons. The van der Waals surface area contributed by atoms with Gasteiger partial charge in [-0.15, -0.1) is 0 Å². The van der Waals surface area contributed by atoms with E-state index in [4.69, 9.17) is 5.73 Å². The number of aromatic hydroxyl groups is 1. The number of para-hydroxylation sites is 2. The second-order valence-corrected chi connectivity index (χ2v) is 7.53. The molecule has 0 unspecified atom stereocenters. The fourth-order valence-corrected chi connectivity index (χ4v) is 3.60. The number of amides is 1. The summed E-state index contributed by atoms with van der Waals surface area (Å²) in [4.78, 5) is 12.6. The number of allylic oxidation sites excluding steroid dienone is 3. The minimum Gasteiger partial charge on any atom is -0.506 e. The van der Waals surface area contributed by atoms with Crippen LogP contribution in [0.5, 0.6) is 5.75 Å². The highest BCUT2D eigenvalue weighted by Crippen LogP contribution is 2.24. The highest BCUT2D eigenvalue weighted by atomic mass is 16.3. The molecule has 30 heavy (non-hydrogen) atoms. The first-order chi connectivity index (χ1) is 14.5. The monoisotopic (exact) mass is 403 g/mol. The third-order valence-corrected chi connectivity index (χ3v) is 5.06. The van der Waals surface area contributed by atoms with Gasteiger partial charge in [-0.05, 0) is 61.6 Å². The van der Waals surface area contributed by atoms with E-state index in [2.05, 4.69) is 22.8 Å². The lowest BCUT2D eigenvalue weighted by Crippen LogP contribution is -2.35. The van der Waals surface area contributed by atoms with E-state index in [0.717, 1.165) is 25.0 Å². The van der Waals surface area contributed by atoms with Crippen molar-refractivity contribution in [2.75, 3.05) is 5.32 Å². The number of hydrogen-bond acceptors (Lipinski definition) is 4. The lowest BCUT2D eigenvalue weighted by Gasteiger charge is -2.13. The van der Waals surface area contributed by atoms with Gasteiger partial charge in [-0.3, -0.25) is 4.79 Å². The molecule has 1 aliphatic carbocycles. The van der Waals surface area contributed by atoms with E-state index < -0.39 is 0 Å². The molecule has 0 spiro atoms. The summed E-state index contributed by atoms with van der Waals surface area (Å²) in [5.74, 6) is 0.0500. The van der Waals surface area contributed by atoms with Gasteiger partial charge in [0.25, 0.3) is 0 Å². The molecule has 0 aliphatic heterocycles. The Morgan fingerprint density at radius 2 is 1.73 bits per heavy atom. The first kappa shape index (κ1) is 21.2. The Balaban J connectivity index is 1.65. The molecule has 2 aromatic carbocycles. The molecular formula is C25H29N3O2. The predicted octanol–water partition coefficient (Wildman–Crippen LogP) is 4.17. The molecule has 1 amide bonds. The van der Waals surface area contributed by atoms with Crippen LogP contribution in [-0.4, -0.2) is 17.1 Å². The quantitative estimate of drug-likeness (QED) is 0.317. The average molecular weight is 404 g/mol. The lowest BCUT2D eigenvalue weighted by atomic mass is 10.1. The number of benzene rings is 2. The van der Waals surface area contributed by atoms with Gasteiger partial charge in [0.15, 0.2) is 0 Å². The number of anilines is 1. The smallest absolute Gasteiger partial charge is 0.247 e. The SMILES string of the molecule is CC/C=C(/C=C(N)\C=C(/C)C(=O)NC1Cc2ccccc2C1)Nc1ccccc1O. The fraction of sp³-hybridized carbons (Fsp3) is 0.240. The van der Waals surface area contributed by atoms with Crippen LogP contribution in [0, 0.1) is 0 Å². The second-order valence-electron chi connectivity index (χ2n) is 7.53. The van der Waals surface area contributed by atoms with E-state index in [-0.39, 0.29) is 17.7 Å². The van der Waals surface area contributed by atoms with Crippen LogP contribution in [0.15, 0.2) is 83.7 Å². The van der Waals surface area contributed by atoms with Crippen molar-refractivity contribution < 1.29 is 9.90 Å². The first-order valence-corrected chi connectivity index (χ1v) is 10.2. The zero-order chi connectivity index (χ0) is 21.5. The van der Waals surface area contributed by atoms with Crippen molar-refractivity contribution in [3.05, 3.63) is 94.9 Å². The normalized spacial score (nSPS) is 15.1. The van der Waals surface area contributed by atoms with Crippen LogP contribution in [0.4, 0.5) is 5.69 Å². The number of carbonyl (C=O) groups is 1. The van der Waals surface area contributed by atoms with Crippen molar-refractivity contribution in [1.82, 2.24) is 5.32 Å². The molecule has 0 fully saturated rings. The predicted molar refractivity (Wildman–Crippen MR) is 122 cm³/mol. The Kier molecular flexibility index (Phi) is 6.96. The number of hydrogen-bond donors (Lipinski definition) is 4. The third kappa shape index (κ3) is 5.54. The minimum atomic E-state index is -0.112. The molecule has 0 saturated carbocycles. The molecular weight excluding hydrogens is 374 g/mol. The Morgan fingerprint density at radius 1 is 1.10 bits per heavy atom. The van der Waals surface area contributed by atoms with E-state index in [1.165, 1.54) is 11.1 Å². The van der Waals surface area contributed by atoms with Gasteiger partial charge in [0.1, 0.15) is 5.75 Å². The van der Waals surface area contributed by atoms with Gasteiger partial charge in [0.05, 0.1) is 5.69 Å². The summed E-state index contributed by atoms with van der Waals surface area (Å²) in [6.07, 6.45) is 7.91. The molecule has 5 nitrogen and oxygen atoms in total. The highest BCUT2D eigenvalue weighted by Gasteiger charge is 2.22. The van der Waals surface area contributed by atoms with E-state index in [0.29, 0.717) is 17.0 Å². The number of carbonyl (C=O) groups excluding carboxylic acids is 1. The minimum absolute atomic E-state index is 0.112. The zero-order valence-electron chi connectivity index (χ0n) is 17.5. The summed E-state index contributed by atoms with van der Waals surface area (Å²) in [7, 11) is 0. The highest BCUT2D eigenvalue weighted by molar-refractivity contribution is 5.93. The molecule has 0 saturated heterocycles. The van der Waals surface area contributed by atoms with Gasteiger partial charge in [0.2, 0.25) is 5.91 Å². The molecule has 5 N–H and O–H groups in total. The molecule has 1 aliphatic rings. The van der Waals surface area contributed by atoms with Crippen molar-refractivity contribution in [2.24, 2.45) is 5.73 Å². The van der Waals surface area contributed by atoms with Crippen LogP contribution >= 0.6 is 0 Å². The number of nitrogens with two attached hydrogens (primary N) is 1. The van der Waals surface area contributed by atoms with Crippen molar-refractivity contribution >= 4 is 11.6 Å². The molecule has 5 heteroatoms. The van der Waals surface area contributed by atoms with Gasteiger partial charge >= 0.3 is 0 Å². The number of phenols is 1. The van der Waals surface area contributed by atoms with E-state index in [9.17, 15) is 9.90 Å². The number of rotatable bonds is 7. The summed E-state index contributed by atoms with van der Waals surface area (Å²) in [5.41, 5.74) is 11.1. The third-order valence-electron chi connectivity index (χ3n) is 5.06. The van der Waals surface area contributed by atoms with Crippen LogP contribution in [-0.2, 0) is 17.6 Å². The molecule has 0 aromatic heterocycles. The maximum atomic E-state index is 12.6. The summed E-state index contributed by atoms with van der Waals surface area (Å²) in [5, 5.41) is 16.3. The van der Waals surface area contributed by atoms with Crippen LogP contribution in [0.2, 0.25) is 0 Å². The van der Waals surface area contributed by atoms with Gasteiger partial charge in [-0.25, -0.2) is 0 Å². The Morgan fingerprint density at radius 3 is 2.37 bits per heavy atom. The Hall–Kier alpha value is -3.47. The topological polar surface area (TPSA) is 87.4 Å². The first-order valence-electron chi connectivity index (χ1n) is 10.2. The van der Waals surface area contributed by atoms with Crippen molar-refractivity contribution in [3.8, 4) is 5.75 Å². The number of phenolic OH excluding ortho intramolecular Hbond substituents is 1. The fourth-order valence-electron chi connectivity index (χ4n) is 3.60. The largest absolute Gasteiger partial charge is 0.506 e. The van der Waals surface area contributed by atoms with E-state index in [1.807, 2.05) is 31.2 Å². The Labute approximate surface area is 178 Å². The standard InChI is InChI=1S/C25H29N3O2/c1-3-8-21(27-23-11-6-7-12-24(23)29)16-20(26)13-17(2)25(30)28-22-14-18-9-4-5-10-19(18)15-22/h4-13,16,22,27,29H,3,14-15,26H2,1-2H3,(H,28,30)/b17-13+,20-16+,21-8-. The molecule has 3 rings (SSSR count).